The maximum atomic E-state index is 9.95. The summed E-state index contributed by atoms with van der Waals surface area (Å²) in [5.74, 6) is -1.96. The van der Waals surface area contributed by atoms with Crippen LogP contribution >= 0.6 is 0 Å². The van der Waals surface area contributed by atoms with Gasteiger partial charge < -0.3 is 10.2 Å². The van der Waals surface area contributed by atoms with Crippen molar-refractivity contribution in [2.45, 2.75) is 12.8 Å². The van der Waals surface area contributed by atoms with Gasteiger partial charge >= 0.3 is 11.9 Å². The van der Waals surface area contributed by atoms with E-state index in [9.17, 15) is 9.59 Å². The zero-order valence-electron chi connectivity index (χ0n) is 6.86. The number of hydrogen-bond donors (Lipinski definition) is 3. The van der Waals surface area contributed by atoms with Crippen molar-refractivity contribution in [2.75, 3.05) is 13.2 Å². The summed E-state index contributed by atoms with van der Waals surface area (Å²) in [5, 5.41) is 16.3. The molecule has 0 aliphatic heterocycles. The standard InChI is InChI=1S/C6H11NO6/c8-5(9)1-3-12-7-13-4-2-6(10)11/h7H,1-4H2,(H,8,9)(H,10,11). The second-order valence-corrected chi connectivity index (χ2v) is 2.07. The van der Waals surface area contributed by atoms with Gasteiger partial charge in [-0.05, 0) is 0 Å². The summed E-state index contributed by atoms with van der Waals surface area (Å²) in [6, 6.07) is 0. The van der Waals surface area contributed by atoms with E-state index in [4.69, 9.17) is 10.2 Å². The molecule has 0 aliphatic carbocycles. The molecule has 0 aliphatic rings. The first kappa shape index (κ1) is 11.8. The molecule has 0 aromatic heterocycles. The summed E-state index contributed by atoms with van der Waals surface area (Å²) in [6.07, 6.45) is -0.287. The Morgan fingerprint density at radius 3 is 1.69 bits per heavy atom. The normalized spacial score (nSPS) is 9.85. The van der Waals surface area contributed by atoms with Gasteiger partial charge in [0.15, 0.2) is 0 Å². The van der Waals surface area contributed by atoms with Crippen LogP contribution in [0.4, 0.5) is 0 Å². The van der Waals surface area contributed by atoms with Gasteiger partial charge in [0.25, 0.3) is 0 Å². The van der Waals surface area contributed by atoms with Crippen LogP contribution in [0.5, 0.6) is 0 Å². The second kappa shape index (κ2) is 7.47. The van der Waals surface area contributed by atoms with Crippen LogP contribution in [0.3, 0.4) is 0 Å². The van der Waals surface area contributed by atoms with E-state index in [2.05, 4.69) is 9.68 Å². The van der Waals surface area contributed by atoms with E-state index in [1.807, 2.05) is 5.64 Å². The van der Waals surface area contributed by atoms with Crippen molar-refractivity contribution in [1.82, 2.24) is 5.64 Å². The van der Waals surface area contributed by atoms with E-state index in [0.29, 0.717) is 0 Å². The summed E-state index contributed by atoms with van der Waals surface area (Å²) in [7, 11) is 0. The van der Waals surface area contributed by atoms with E-state index < -0.39 is 11.9 Å². The third-order valence-corrected chi connectivity index (χ3v) is 0.954. The van der Waals surface area contributed by atoms with Gasteiger partial charge in [0.05, 0.1) is 26.1 Å². The Bertz CT molecular complexity index is 153. The third kappa shape index (κ3) is 10.8. The molecule has 0 amide bonds. The topological polar surface area (TPSA) is 105 Å². The summed E-state index contributed by atoms with van der Waals surface area (Å²) in [4.78, 5) is 28.9. The molecule has 0 aromatic carbocycles. The van der Waals surface area contributed by atoms with Crippen LogP contribution in [0.15, 0.2) is 0 Å². The average Bonchev–Trinajstić information content (AvgIpc) is 2.01. The van der Waals surface area contributed by atoms with Crippen molar-refractivity contribution in [1.29, 1.82) is 0 Å². The molecule has 7 nitrogen and oxygen atoms in total. The van der Waals surface area contributed by atoms with Gasteiger partial charge in [-0.1, -0.05) is 5.64 Å². The fourth-order valence-corrected chi connectivity index (χ4v) is 0.402. The van der Waals surface area contributed by atoms with Gasteiger partial charge in [-0.15, -0.1) is 0 Å². The maximum Gasteiger partial charge on any atom is 0.305 e. The van der Waals surface area contributed by atoms with Crippen molar-refractivity contribution < 1.29 is 29.5 Å². The number of carbonyl (C=O) groups is 2. The largest absolute Gasteiger partial charge is 0.481 e. The molecule has 76 valence electrons. The Morgan fingerprint density at radius 2 is 1.38 bits per heavy atom. The van der Waals surface area contributed by atoms with Crippen LogP contribution in [0.2, 0.25) is 0 Å². The molecule has 0 atom stereocenters. The lowest BCUT2D eigenvalue weighted by Crippen LogP contribution is -2.19. The van der Waals surface area contributed by atoms with Gasteiger partial charge in [-0.2, -0.15) is 0 Å². The smallest absolute Gasteiger partial charge is 0.305 e. The summed E-state index contributed by atoms with van der Waals surface area (Å²) >= 11 is 0. The quantitative estimate of drug-likeness (QED) is 0.348. The number of rotatable bonds is 8. The van der Waals surface area contributed by atoms with Crippen molar-refractivity contribution in [2.24, 2.45) is 0 Å². The number of carboxylic acid groups (broad SMARTS) is 2. The molecule has 0 radical (unpaired) electrons. The lowest BCUT2D eigenvalue weighted by Gasteiger charge is -2.02. The SMILES string of the molecule is O=C(O)CCONOCCC(=O)O. The Hall–Kier alpha value is -1.18. The van der Waals surface area contributed by atoms with E-state index in [1.165, 1.54) is 0 Å². The van der Waals surface area contributed by atoms with Gasteiger partial charge in [-0.25, -0.2) is 0 Å². The number of nitrogens with one attached hydrogen (secondary N) is 1. The lowest BCUT2D eigenvalue weighted by atomic mass is 10.5. The molecule has 0 heterocycles. The van der Waals surface area contributed by atoms with Crippen LogP contribution in [0, 0.1) is 0 Å². The molecule has 0 rings (SSSR count). The van der Waals surface area contributed by atoms with Gasteiger partial charge in [0.1, 0.15) is 0 Å². The first-order valence-electron chi connectivity index (χ1n) is 3.55. The van der Waals surface area contributed by atoms with Gasteiger partial charge in [0.2, 0.25) is 0 Å². The Morgan fingerprint density at radius 1 is 1.00 bits per heavy atom. The van der Waals surface area contributed by atoms with Crippen molar-refractivity contribution in [3.8, 4) is 0 Å². The number of carboxylic acids is 2. The predicted molar refractivity (Wildman–Crippen MR) is 39.5 cm³/mol. The summed E-state index contributed by atoms with van der Waals surface area (Å²) < 4.78 is 0. The fourth-order valence-electron chi connectivity index (χ4n) is 0.402. The van der Waals surface area contributed by atoms with E-state index >= 15 is 0 Å². The highest BCUT2D eigenvalue weighted by Gasteiger charge is 1.97. The highest BCUT2D eigenvalue weighted by atomic mass is 16.9. The van der Waals surface area contributed by atoms with Gasteiger partial charge in [0, 0.05) is 0 Å². The summed E-state index contributed by atoms with van der Waals surface area (Å²) in [6.45, 7) is -0.0786. The van der Waals surface area contributed by atoms with Crippen LogP contribution in [0.1, 0.15) is 12.8 Å². The van der Waals surface area contributed by atoms with Crippen molar-refractivity contribution >= 4 is 11.9 Å². The van der Waals surface area contributed by atoms with E-state index in [-0.39, 0.29) is 26.1 Å². The van der Waals surface area contributed by atoms with Crippen LogP contribution in [-0.4, -0.2) is 35.4 Å². The molecule has 0 spiro atoms. The first-order valence-corrected chi connectivity index (χ1v) is 3.55. The molecule has 0 aromatic rings. The van der Waals surface area contributed by atoms with Crippen molar-refractivity contribution in [3.05, 3.63) is 0 Å². The monoisotopic (exact) mass is 193 g/mol. The van der Waals surface area contributed by atoms with Crippen LogP contribution in [0.25, 0.3) is 0 Å². The minimum Gasteiger partial charge on any atom is -0.481 e. The highest BCUT2D eigenvalue weighted by molar-refractivity contribution is 5.67. The first-order chi connectivity index (χ1) is 6.13. The molecule has 0 bridgehead atoms. The predicted octanol–water partition coefficient (Wildman–Crippen LogP) is -0.611. The molecule has 3 N–H and O–H groups in total. The zero-order chi connectivity index (χ0) is 10.1. The minimum absolute atomic E-state index is 0.0393. The molecule has 0 saturated heterocycles. The molecular formula is C6H11NO6. The third-order valence-electron chi connectivity index (χ3n) is 0.954. The number of aliphatic carboxylic acids is 2. The second-order valence-electron chi connectivity index (χ2n) is 2.07. The number of hydrogen-bond acceptors (Lipinski definition) is 5. The highest BCUT2D eigenvalue weighted by Crippen LogP contribution is 1.81. The van der Waals surface area contributed by atoms with Crippen LogP contribution in [-0.2, 0) is 19.3 Å². The Labute approximate surface area is 74.2 Å². The van der Waals surface area contributed by atoms with Crippen LogP contribution < -0.4 is 5.64 Å². The Balaban J connectivity index is 3.00. The average molecular weight is 193 g/mol. The molecule has 0 fully saturated rings. The maximum absolute atomic E-state index is 9.95. The fraction of sp³-hybridized carbons (Fsp3) is 0.667. The molecule has 13 heavy (non-hydrogen) atoms. The van der Waals surface area contributed by atoms with Crippen molar-refractivity contribution in [3.63, 3.8) is 0 Å². The minimum atomic E-state index is -0.979. The Kier molecular flexibility index (Phi) is 6.79. The molecule has 7 heteroatoms. The van der Waals surface area contributed by atoms with E-state index in [1.54, 1.807) is 0 Å². The van der Waals surface area contributed by atoms with E-state index in [0.717, 1.165) is 0 Å². The summed E-state index contributed by atoms with van der Waals surface area (Å²) in [5.41, 5.74) is 1.97. The van der Waals surface area contributed by atoms with Gasteiger partial charge in [-0.3, -0.25) is 19.3 Å². The zero-order valence-corrected chi connectivity index (χ0v) is 6.86. The molecular weight excluding hydrogens is 182 g/mol. The molecule has 0 unspecified atom stereocenters. The molecule has 0 saturated carbocycles. The lowest BCUT2D eigenvalue weighted by molar-refractivity contribution is -0.177.